The van der Waals surface area contributed by atoms with Gasteiger partial charge in [-0.25, -0.2) is 4.79 Å². The lowest BCUT2D eigenvalue weighted by Gasteiger charge is -2.17. The summed E-state index contributed by atoms with van der Waals surface area (Å²) in [6, 6.07) is 9.59. The first-order valence-electron chi connectivity index (χ1n) is 10.1. The third-order valence-electron chi connectivity index (χ3n) is 5.47. The predicted octanol–water partition coefficient (Wildman–Crippen LogP) is 4.46. The minimum absolute atomic E-state index is 0.207. The number of aryl methyl sites for hydroxylation is 1. The van der Waals surface area contributed by atoms with Gasteiger partial charge in [0.05, 0.1) is 18.3 Å². The van der Waals surface area contributed by atoms with Gasteiger partial charge in [0.15, 0.2) is 0 Å². The highest BCUT2D eigenvalue weighted by atomic mass is 35.5. The Hall–Kier alpha value is -2.83. The molecule has 1 amide bonds. The maximum atomic E-state index is 13.2. The van der Waals surface area contributed by atoms with Gasteiger partial charge in [0, 0.05) is 48.1 Å². The van der Waals surface area contributed by atoms with E-state index in [-0.39, 0.29) is 5.91 Å². The van der Waals surface area contributed by atoms with Crippen LogP contribution in [0.15, 0.2) is 47.2 Å². The van der Waals surface area contributed by atoms with Crippen LogP contribution in [0.3, 0.4) is 0 Å². The Balaban J connectivity index is 2.06. The van der Waals surface area contributed by atoms with Crippen molar-refractivity contribution in [3.63, 3.8) is 0 Å². The number of carbonyl (C=O) groups is 2. The molecule has 2 aromatic rings. The molecule has 7 heteroatoms. The number of ether oxygens (including phenoxy) is 2. The van der Waals surface area contributed by atoms with Crippen molar-refractivity contribution < 1.29 is 19.1 Å². The van der Waals surface area contributed by atoms with Gasteiger partial charge in [-0.1, -0.05) is 17.7 Å². The molecule has 0 aliphatic carbocycles. The van der Waals surface area contributed by atoms with Gasteiger partial charge >= 0.3 is 5.97 Å². The highest BCUT2D eigenvalue weighted by Gasteiger charge is 2.36. The van der Waals surface area contributed by atoms with Crippen molar-refractivity contribution in [3.8, 4) is 5.69 Å². The van der Waals surface area contributed by atoms with Gasteiger partial charge in [0.1, 0.15) is 0 Å². The Labute approximate surface area is 187 Å². The van der Waals surface area contributed by atoms with Crippen LogP contribution in [0.2, 0.25) is 5.02 Å². The third kappa shape index (κ3) is 4.45. The van der Waals surface area contributed by atoms with Crippen molar-refractivity contribution in [1.29, 1.82) is 0 Å². The predicted molar refractivity (Wildman–Crippen MR) is 121 cm³/mol. The maximum Gasteiger partial charge on any atom is 0.340 e. The number of halogens is 1. The summed E-state index contributed by atoms with van der Waals surface area (Å²) < 4.78 is 12.1. The Morgan fingerprint density at radius 3 is 2.55 bits per heavy atom. The summed E-state index contributed by atoms with van der Waals surface area (Å²) in [5.74, 6) is -0.725. The molecular formula is C24H27ClN2O4. The molecule has 0 N–H and O–H groups in total. The minimum Gasteiger partial charge on any atom is -0.465 e. The van der Waals surface area contributed by atoms with Gasteiger partial charge in [-0.05, 0) is 63.1 Å². The van der Waals surface area contributed by atoms with E-state index in [1.807, 2.05) is 44.2 Å². The topological polar surface area (TPSA) is 60.8 Å². The number of hydrogen-bond donors (Lipinski definition) is 0. The van der Waals surface area contributed by atoms with E-state index in [2.05, 4.69) is 4.57 Å². The Morgan fingerprint density at radius 2 is 1.90 bits per heavy atom. The monoisotopic (exact) mass is 442 g/mol. The second kappa shape index (κ2) is 9.54. The molecule has 0 fully saturated rings. The van der Waals surface area contributed by atoms with E-state index in [0.29, 0.717) is 41.4 Å². The summed E-state index contributed by atoms with van der Waals surface area (Å²) >= 11 is 6.18. The largest absolute Gasteiger partial charge is 0.465 e. The summed E-state index contributed by atoms with van der Waals surface area (Å²) in [6.07, 6.45) is 2.45. The third-order valence-corrected chi connectivity index (χ3v) is 5.70. The molecule has 0 saturated carbocycles. The van der Waals surface area contributed by atoms with Crippen molar-refractivity contribution in [3.05, 3.63) is 69.1 Å². The SMILES string of the molecule is COCCCN1C(=O)/C(=C\c2cc(C)n(-c3cccc(Cl)c3)c2C)C(C(=O)OC)=C1C. The molecule has 1 aromatic carbocycles. The zero-order valence-corrected chi connectivity index (χ0v) is 19.2. The zero-order chi connectivity index (χ0) is 22.7. The van der Waals surface area contributed by atoms with Gasteiger partial charge < -0.3 is 18.9 Å². The first kappa shape index (κ1) is 22.8. The average molecular weight is 443 g/mol. The van der Waals surface area contributed by atoms with Gasteiger partial charge in [0.2, 0.25) is 0 Å². The molecule has 1 aliphatic rings. The molecule has 0 atom stereocenters. The molecular weight excluding hydrogens is 416 g/mol. The quantitative estimate of drug-likeness (QED) is 0.361. The molecule has 6 nitrogen and oxygen atoms in total. The van der Waals surface area contributed by atoms with Gasteiger partial charge in [-0.15, -0.1) is 0 Å². The molecule has 0 spiro atoms. The molecule has 1 aromatic heterocycles. The molecule has 164 valence electrons. The zero-order valence-electron chi connectivity index (χ0n) is 18.5. The lowest BCUT2D eigenvalue weighted by atomic mass is 10.0. The summed E-state index contributed by atoms with van der Waals surface area (Å²) in [7, 11) is 2.94. The van der Waals surface area contributed by atoms with E-state index < -0.39 is 5.97 Å². The van der Waals surface area contributed by atoms with Gasteiger partial charge in [0.25, 0.3) is 5.91 Å². The summed E-state index contributed by atoms with van der Waals surface area (Å²) in [5, 5.41) is 0.647. The number of carbonyl (C=O) groups excluding carboxylic acids is 2. The van der Waals surface area contributed by atoms with Gasteiger partial charge in [-0.3, -0.25) is 4.79 Å². The van der Waals surface area contributed by atoms with Crippen molar-refractivity contribution in [1.82, 2.24) is 9.47 Å². The van der Waals surface area contributed by atoms with Crippen LogP contribution in [0.4, 0.5) is 0 Å². The van der Waals surface area contributed by atoms with Crippen LogP contribution >= 0.6 is 11.6 Å². The Kier molecular flexibility index (Phi) is 7.03. The van der Waals surface area contributed by atoms with E-state index in [4.69, 9.17) is 21.1 Å². The van der Waals surface area contributed by atoms with E-state index in [0.717, 1.165) is 22.6 Å². The number of benzene rings is 1. The van der Waals surface area contributed by atoms with E-state index in [1.165, 1.54) is 7.11 Å². The number of methoxy groups -OCH3 is 2. The fourth-order valence-electron chi connectivity index (χ4n) is 3.97. The number of rotatable bonds is 7. The number of esters is 1. The number of nitrogens with zero attached hydrogens (tertiary/aromatic N) is 2. The molecule has 0 bridgehead atoms. The second-order valence-corrected chi connectivity index (χ2v) is 7.89. The number of amides is 1. The average Bonchev–Trinajstić information content (AvgIpc) is 3.14. The molecule has 0 radical (unpaired) electrons. The molecule has 0 unspecified atom stereocenters. The first-order chi connectivity index (χ1) is 14.8. The molecule has 31 heavy (non-hydrogen) atoms. The minimum atomic E-state index is -0.519. The van der Waals surface area contributed by atoms with Crippen LogP contribution in [-0.4, -0.2) is 48.7 Å². The van der Waals surface area contributed by atoms with Crippen LogP contribution in [0.1, 0.15) is 30.3 Å². The number of aromatic nitrogens is 1. The highest BCUT2D eigenvalue weighted by Crippen LogP contribution is 2.33. The van der Waals surface area contributed by atoms with Crippen LogP contribution in [0, 0.1) is 13.8 Å². The molecule has 3 rings (SSSR count). The van der Waals surface area contributed by atoms with Crippen LogP contribution in [0.25, 0.3) is 11.8 Å². The Morgan fingerprint density at radius 1 is 1.16 bits per heavy atom. The second-order valence-electron chi connectivity index (χ2n) is 7.45. The summed E-state index contributed by atoms with van der Waals surface area (Å²) in [5.41, 5.74) is 4.97. The van der Waals surface area contributed by atoms with Crippen LogP contribution in [0.5, 0.6) is 0 Å². The summed E-state index contributed by atoms with van der Waals surface area (Å²) in [6.45, 7) is 6.74. The number of hydrogen-bond acceptors (Lipinski definition) is 4. The lowest BCUT2D eigenvalue weighted by Crippen LogP contribution is -2.26. The van der Waals surface area contributed by atoms with Crippen molar-refractivity contribution in [2.75, 3.05) is 27.4 Å². The first-order valence-corrected chi connectivity index (χ1v) is 10.4. The fourth-order valence-corrected chi connectivity index (χ4v) is 4.15. The summed E-state index contributed by atoms with van der Waals surface area (Å²) in [4.78, 5) is 27.3. The van der Waals surface area contributed by atoms with Crippen molar-refractivity contribution in [2.24, 2.45) is 0 Å². The lowest BCUT2D eigenvalue weighted by molar-refractivity contribution is -0.136. The van der Waals surface area contributed by atoms with E-state index in [9.17, 15) is 9.59 Å². The molecule has 1 aliphatic heterocycles. The normalized spacial score (nSPS) is 15.4. The van der Waals surface area contributed by atoms with Crippen LogP contribution < -0.4 is 0 Å². The van der Waals surface area contributed by atoms with Crippen molar-refractivity contribution >= 4 is 29.6 Å². The Bertz CT molecular complexity index is 1080. The molecule has 0 saturated heterocycles. The van der Waals surface area contributed by atoms with Crippen LogP contribution in [-0.2, 0) is 19.1 Å². The fraction of sp³-hybridized carbons (Fsp3) is 0.333. The smallest absolute Gasteiger partial charge is 0.340 e. The number of allylic oxidation sites excluding steroid dienone is 1. The van der Waals surface area contributed by atoms with E-state index >= 15 is 0 Å². The van der Waals surface area contributed by atoms with Crippen molar-refractivity contribution in [2.45, 2.75) is 27.2 Å². The highest BCUT2D eigenvalue weighted by molar-refractivity contribution is 6.30. The van der Waals surface area contributed by atoms with Gasteiger partial charge in [-0.2, -0.15) is 0 Å². The van der Waals surface area contributed by atoms with E-state index in [1.54, 1.807) is 25.0 Å². The maximum absolute atomic E-state index is 13.2. The molecule has 2 heterocycles. The standard InChI is InChI=1S/C24H27ClN2O4/c1-15-12-18(16(2)27(15)20-9-6-8-19(25)14-20)13-21-22(24(29)31-5)17(3)26(23(21)28)10-7-11-30-4/h6,8-9,12-14H,7,10-11H2,1-5H3/b21-13-.